The summed E-state index contributed by atoms with van der Waals surface area (Å²) in [5, 5.41) is 10.4. The van der Waals surface area contributed by atoms with Crippen LogP contribution in [0.25, 0.3) is 0 Å². The van der Waals surface area contributed by atoms with Crippen molar-refractivity contribution in [3.05, 3.63) is 46.7 Å². The van der Waals surface area contributed by atoms with Gasteiger partial charge in [-0.2, -0.15) is 13.2 Å². The third kappa shape index (κ3) is 9.03. The maximum absolute atomic E-state index is 13.2. The summed E-state index contributed by atoms with van der Waals surface area (Å²) < 4.78 is 49.6. The quantitative estimate of drug-likeness (QED) is 0.0733. The van der Waals surface area contributed by atoms with Crippen LogP contribution < -0.4 is 10.9 Å². The highest BCUT2D eigenvalue weighted by molar-refractivity contribution is 6.19. The molecule has 11 heteroatoms. The van der Waals surface area contributed by atoms with E-state index >= 15 is 0 Å². The lowest BCUT2D eigenvalue weighted by Crippen LogP contribution is -2.34. The highest BCUT2D eigenvalue weighted by Gasteiger charge is 2.65. The molecule has 0 saturated carbocycles. The average molecular weight is 583 g/mol. The summed E-state index contributed by atoms with van der Waals surface area (Å²) in [7, 11) is 0. The number of Topliss-reactive ketones (excluding diaryl/α,β-unsaturated/α-hetero) is 1. The number of alkyl halides is 3. The minimum absolute atomic E-state index is 0.0294. The van der Waals surface area contributed by atoms with Gasteiger partial charge in [-0.15, -0.1) is 0 Å². The molecule has 1 aromatic carbocycles. The normalized spacial score (nSPS) is 18.0. The highest BCUT2D eigenvalue weighted by atomic mass is 19.4. The summed E-state index contributed by atoms with van der Waals surface area (Å²) in [6.07, 6.45) is 9.29. The van der Waals surface area contributed by atoms with Crippen molar-refractivity contribution in [1.82, 2.24) is 10.9 Å². The van der Waals surface area contributed by atoms with Crippen LogP contribution >= 0.6 is 0 Å². The van der Waals surface area contributed by atoms with E-state index in [1.165, 1.54) is 69.9 Å². The number of carbonyl (C=O) groups is 3. The lowest BCUT2D eigenvalue weighted by atomic mass is 10.0. The maximum Gasteiger partial charge on any atom is 0.426 e. The molecule has 228 valence electrons. The second kappa shape index (κ2) is 15.3. The number of nitrogens with one attached hydrogen (secondary N) is 2. The molecule has 0 amide bonds. The molecular formula is C30H41F3N2O6. The smallest absolute Gasteiger partial charge is 0.426 e. The van der Waals surface area contributed by atoms with Gasteiger partial charge < -0.3 is 14.6 Å². The Hall–Kier alpha value is -2.92. The SMILES string of the molecule is CCCCCCCCCCCCCCCC(=O)C1=C(O)[C@@H](COC(=O)c2ccc(C3(C(F)(F)F)NN3)cc2)OC1=O. The van der Waals surface area contributed by atoms with Crippen LogP contribution in [0, 0.1) is 0 Å². The predicted molar refractivity (Wildman–Crippen MR) is 146 cm³/mol. The van der Waals surface area contributed by atoms with E-state index < -0.39 is 53.6 Å². The van der Waals surface area contributed by atoms with Gasteiger partial charge in [-0.1, -0.05) is 96.1 Å². The third-order valence-corrected chi connectivity index (χ3v) is 7.52. The van der Waals surface area contributed by atoms with E-state index in [0.717, 1.165) is 31.4 Å². The molecule has 1 saturated heterocycles. The topological polar surface area (TPSA) is 134 Å². The van der Waals surface area contributed by atoms with Gasteiger partial charge in [0.25, 0.3) is 0 Å². The number of halogens is 3. The first-order valence-corrected chi connectivity index (χ1v) is 14.7. The molecule has 2 aliphatic heterocycles. The molecule has 0 radical (unpaired) electrons. The first-order valence-electron chi connectivity index (χ1n) is 14.7. The molecule has 0 unspecified atom stereocenters. The number of hydrogen-bond acceptors (Lipinski definition) is 8. The zero-order chi connectivity index (χ0) is 29.9. The molecule has 1 aromatic rings. The molecule has 1 fully saturated rings. The van der Waals surface area contributed by atoms with Gasteiger partial charge >= 0.3 is 18.1 Å². The van der Waals surface area contributed by atoms with Crippen LogP contribution in [0.5, 0.6) is 0 Å². The minimum atomic E-state index is -4.58. The van der Waals surface area contributed by atoms with Crippen molar-refractivity contribution in [3.63, 3.8) is 0 Å². The molecule has 2 aliphatic rings. The first kappa shape index (κ1) is 32.6. The van der Waals surface area contributed by atoms with Crippen LogP contribution in [0.4, 0.5) is 13.2 Å². The highest BCUT2D eigenvalue weighted by Crippen LogP contribution is 2.42. The van der Waals surface area contributed by atoms with Gasteiger partial charge in [-0.3, -0.25) is 4.79 Å². The van der Waals surface area contributed by atoms with Crippen molar-refractivity contribution in [2.45, 2.75) is 115 Å². The Kier molecular flexibility index (Phi) is 12.2. The van der Waals surface area contributed by atoms with Gasteiger partial charge in [0, 0.05) is 6.42 Å². The molecule has 0 aliphatic carbocycles. The molecule has 8 nitrogen and oxygen atoms in total. The van der Waals surface area contributed by atoms with E-state index in [-0.39, 0.29) is 17.5 Å². The fourth-order valence-electron chi connectivity index (χ4n) is 4.91. The Balaban J connectivity index is 1.33. The molecule has 1 atom stereocenters. The molecule has 41 heavy (non-hydrogen) atoms. The number of hydrazine groups is 1. The standard InChI is InChI=1S/C30H41F3N2O6/c1-2-3-4-5-6-7-8-9-10-11-12-13-14-15-23(36)25-26(37)24(41-28(25)39)20-40-27(38)21-16-18-22(19-17-21)29(34-35-29)30(31,32)33/h16-19,24,34-35,37H,2-15,20H2,1H3/t24-/m1/s1. The summed E-state index contributed by atoms with van der Waals surface area (Å²) in [6, 6.07) is 4.62. The molecule has 3 rings (SSSR count). The fraction of sp³-hybridized carbons (Fsp3) is 0.633. The van der Waals surface area contributed by atoms with E-state index in [9.17, 15) is 32.7 Å². The number of unbranched alkanes of at least 4 members (excludes halogenated alkanes) is 12. The van der Waals surface area contributed by atoms with Gasteiger partial charge in [0.05, 0.1) is 5.56 Å². The van der Waals surface area contributed by atoms with Crippen molar-refractivity contribution in [3.8, 4) is 0 Å². The van der Waals surface area contributed by atoms with Gasteiger partial charge in [-0.05, 0) is 24.1 Å². The molecule has 0 aromatic heterocycles. The lowest BCUT2D eigenvalue weighted by molar-refractivity contribution is -0.165. The first-order chi connectivity index (χ1) is 19.6. The number of esters is 2. The summed E-state index contributed by atoms with van der Waals surface area (Å²) in [6.45, 7) is 1.68. The number of ketones is 1. The van der Waals surface area contributed by atoms with E-state index in [1.54, 1.807) is 0 Å². The van der Waals surface area contributed by atoms with E-state index in [1.807, 2.05) is 0 Å². The molecule has 3 N–H and O–H groups in total. The van der Waals surface area contributed by atoms with Crippen molar-refractivity contribution in [2.24, 2.45) is 0 Å². The van der Waals surface area contributed by atoms with Crippen LogP contribution in [0.3, 0.4) is 0 Å². The summed E-state index contributed by atoms with van der Waals surface area (Å²) in [5.41, 5.74) is 1.22. The summed E-state index contributed by atoms with van der Waals surface area (Å²) in [5.74, 6) is -2.93. The van der Waals surface area contributed by atoms with Crippen molar-refractivity contribution >= 4 is 17.7 Å². The second-order valence-electron chi connectivity index (χ2n) is 10.7. The van der Waals surface area contributed by atoms with Crippen LogP contribution in [0.2, 0.25) is 0 Å². The molecular weight excluding hydrogens is 541 g/mol. The van der Waals surface area contributed by atoms with Crippen molar-refractivity contribution < 1.29 is 42.1 Å². The number of aliphatic hydroxyl groups is 1. The monoisotopic (exact) mass is 582 g/mol. The largest absolute Gasteiger partial charge is 0.507 e. The van der Waals surface area contributed by atoms with Crippen molar-refractivity contribution in [1.29, 1.82) is 0 Å². The Bertz CT molecular complexity index is 1070. The second-order valence-corrected chi connectivity index (χ2v) is 10.7. The van der Waals surface area contributed by atoms with E-state index in [2.05, 4.69) is 17.8 Å². The van der Waals surface area contributed by atoms with Crippen LogP contribution in [0.1, 0.15) is 113 Å². The van der Waals surface area contributed by atoms with E-state index in [4.69, 9.17) is 9.47 Å². The number of aliphatic hydroxyl groups excluding tert-OH is 1. The van der Waals surface area contributed by atoms with Crippen LogP contribution in [-0.2, 0) is 24.7 Å². The number of cyclic esters (lactones) is 1. The van der Waals surface area contributed by atoms with Gasteiger partial charge in [0.2, 0.25) is 5.66 Å². The zero-order valence-corrected chi connectivity index (χ0v) is 23.6. The maximum atomic E-state index is 13.2. The van der Waals surface area contributed by atoms with Gasteiger partial charge in [-0.25, -0.2) is 20.4 Å². The molecule has 0 spiro atoms. The lowest BCUT2D eigenvalue weighted by Gasteiger charge is -2.16. The van der Waals surface area contributed by atoms with Gasteiger partial charge in [0.15, 0.2) is 17.6 Å². The summed E-state index contributed by atoms with van der Waals surface area (Å²) >= 11 is 0. The van der Waals surface area contributed by atoms with Crippen LogP contribution in [0.15, 0.2) is 35.6 Å². The number of rotatable bonds is 19. The minimum Gasteiger partial charge on any atom is -0.507 e. The molecule has 2 heterocycles. The number of carbonyl (C=O) groups excluding carboxylic acids is 3. The van der Waals surface area contributed by atoms with Gasteiger partial charge in [0.1, 0.15) is 12.2 Å². The predicted octanol–water partition coefficient (Wildman–Crippen LogP) is 6.45. The molecule has 0 bridgehead atoms. The average Bonchev–Trinajstić information content (AvgIpc) is 3.71. The Labute approximate surface area is 239 Å². The Morgan fingerprint density at radius 1 is 0.902 bits per heavy atom. The Morgan fingerprint density at radius 2 is 1.41 bits per heavy atom. The van der Waals surface area contributed by atoms with Crippen molar-refractivity contribution in [2.75, 3.05) is 6.61 Å². The fourth-order valence-corrected chi connectivity index (χ4v) is 4.91. The summed E-state index contributed by atoms with van der Waals surface area (Å²) in [4.78, 5) is 37.1. The Morgan fingerprint density at radius 3 is 1.90 bits per heavy atom. The van der Waals surface area contributed by atoms with E-state index in [0.29, 0.717) is 6.42 Å². The number of benzene rings is 1. The zero-order valence-electron chi connectivity index (χ0n) is 23.6. The number of ether oxygens (including phenoxy) is 2. The van der Waals surface area contributed by atoms with Crippen LogP contribution in [-0.4, -0.2) is 41.7 Å². The number of hydrogen-bond donors (Lipinski definition) is 3. The third-order valence-electron chi connectivity index (χ3n) is 7.52.